The second-order valence-corrected chi connectivity index (χ2v) is 5.57. The van der Waals surface area contributed by atoms with Gasteiger partial charge in [0.1, 0.15) is 0 Å². The number of aliphatic hydroxyl groups excluding tert-OH is 2. The predicted molar refractivity (Wildman–Crippen MR) is 72.2 cm³/mol. The van der Waals surface area contributed by atoms with Gasteiger partial charge in [0.15, 0.2) is 11.6 Å². The molecule has 0 saturated heterocycles. The molecule has 1 saturated carbocycles. The van der Waals surface area contributed by atoms with E-state index in [-0.39, 0.29) is 18.7 Å². The molecule has 3 nitrogen and oxygen atoms in total. The van der Waals surface area contributed by atoms with Crippen molar-refractivity contribution in [2.75, 3.05) is 13.2 Å². The Kier molecular flexibility index (Phi) is 5.07. The van der Waals surface area contributed by atoms with Crippen LogP contribution in [0.15, 0.2) is 18.2 Å². The highest BCUT2D eigenvalue weighted by atomic mass is 19.2. The van der Waals surface area contributed by atoms with Crippen LogP contribution in [-0.2, 0) is 0 Å². The molecule has 0 radical (unpaired) electrons. The molecule has 1 atom stereocenters. The molecule has 112 valence electrons. The zero-order valence-electron chi connectivity index (χ0n) is 11.4. The Balaban J connectivity index is 1.96. The fourth-order valence-corrected chi connectivity index (χ4v) is 2.77. The van der Waals surface area contributed by atoms with E-state index in [0.29, 0.717) is 5.56 Å². The zero-order chi connectivity index (χ0) is 14.6. The molecule has 1 aliphatic rings. The van der Waals surface area contributed by atoms with Crippen molar-refractivity contribution >= 4 is 0 Å². The molecule has 0 amide bonds. The van der Waals surface area contributed by atoms with E-state index in [9.17, 15) is 19.0 Å². The summed E-state index contributed by atoms with van der Waals surface area (Å²) in [7, 11) is 0. The zero-order valence-corrected chi connectivity index (χ0v) is 11.4. The quantitative estimate of drug-likeness (QED) is 0.778. The van der Waals surface area contributed by atoms with Crippen LogP contribution in [0.5, 0.6) is 0 Å². The average Bonchev–Trinajstić information content (AvgIpc) is 2.48. The van der Waals surface area contributed by atoms with Gasteiger partial charge in [-0.1, -0.05) is 25.3 Å². The van der Waals surface area contributed by atoms with Crippen LogP contribution in [0.3, 0.4) is 0 Å². The number of hydrogen-bond acceptors (Lipinski definition) is 3. The maximum Gasteiger partial charge on any atom is 0.159 e. The first-order valence-electron chi connectivity index (χ1n) is 7.05. The van der Waals surface area contributed by atoms with Crippen LogP contribution in [0.1, 0.15) is 43.8 Å². The lowest BCUT2D eigenvalue weighted by atomic mass is 9.82. The van der Waals surface area contributed by atoms with Crippen molar-refractivity contribution in [3.05, 3.63) is 35.4 Å². The van der Waals surface area contributed by atoms with E-state index < -0.39 is 17.7 Å². The lowest BCUT2D eigenvalue weighted by Crippen LogP contribution is -2.51. The number of benzene rings is 1. The number of β-amino-alcohol motifs (C(OH)–C–C–N with tert-alkyl or cyclic N) is 1. The molecule has 2 rings (SSSR count). The van der Waals surface area contributed by atoms with Crippen LogP contribution in [0.25, 0.3) is 0 Å². The molecule has 1 aliphatic carbocycles. The summed E-state index contributed by atoms with van der Waals surface area (Å²) in [6, 6.07) is 3.39. The van der Waals surface area contributed by atoms with Crippen LogP contribution >= 0.6 is 0 Å². The summed E-state index contributed by atoms with van der Waals surface area (Å²) in [6.45, 7) is 0.239. The summed E-state index contributed by atoms with van der Waals surface area (Å²) in [6.07, 6.45) is 4.08. The standard InChI is InChI=1S/C15H21F2NO2/c16-12-5-4-11(8-13(12)17)14(20)9-18-15(10-19)6-2-1-3-7-15/h4-5,8,14,18-20H,1-3,6-7,9-10H2. The number of nitrogens with one attached hydrogen (secondary N) is 1. The van der Waals surface area contributed by atoms with Gasteiger partial charge in [-0.25, -0.2) is 8.78 Å². The van der Waals surface area contributed by atoms with Crippen LogP contribution in [-0.4, -0.2) is 28.9 Å². The third kappa shape index (κ3) is 3.53. The van der Waals surface area contributed by atoms with Crippen molar-refractivity contribution in [2.24, 2.45) is 0 Å². The maximum absolute atomic E-state index is 13.1. The summed E-state index contributed by atoms with van der Waals surface area (Å²) >= 11 is 0. The first-order chi connectivity index (χ1) is 9.56. The van der Waals surface area contributed by atoms with Crippen molar-refractivity contribution in [3.8, 4) is 0 Å². The largest absolute Gasteiger partial charge is 0.394 e. The molecule has 1 aromatic rings. The van der Waals surface area contributed by atoms with Crippen molar-refractivity contribution < 1.29 is 19.0 Å². The molecule has 0 bridgehead atoms. The number of aliphatic hydroxyl groups is 2. The highest BCUT2D eigenvalue weighted by Gasteiger charge is 2.31. The van der Waals surface area contributed by atoms with Gasteiger partial charge in [-0.15, -0.1) is 0 Å². The topological polar surface area (TPSA) is 52.5 Å². The fourth-order valence-electron chi connectivity index (χ4n) is 2.77. The van der Waals surface area contributed by atoms with E-state index in [1.807, 2.05) is 0 Å². The van der Waals surface area contributed by atoms with E-state index in [0.717, 1.165) is 44.2 Å². The molecule has 1 aromatic carbocycles. The fraction of sp³-hybridized carbons (Fsp3) is 0.600. The first kappa shape index (κ1) is 15.4. The van der Waals surface area contributed by atoms with Crippen molar-refractivity contribution in [2.45, 2.75) is 43.7 Å². The Labute approximate surface area is 117 Å². The summed E-state index contributed by atoms with van der Waals surface area (Å²) < 4.78 is 26.0. The molecular weight excluding hydrogens is 264 g/mol. The minimum Gasteiger partial charge on any atom is -0.394 e. The molecule has 0 spiro atoms. The third-order valence-corrected chi connectivity index (χ3v) is 4.11. The molecule has 3 N–H and O–H groups in total. The predicted octanol–water partition coefficient (Wildman–Crippen LogP) is 2.28. The van der Waals surface area contributed by atoms with Gasteiger partial charge in [0, 0.05) is 12.1 Å². The van der Waals surface area contributed by atoms with Gasteiger partial charge in [-0.3, -0.25) is 0 Å². The van der Waals surface area contributed by atoms with Crippen molar-refractivity contribution in [3.63, 3.8) is 0 Å². The third-order valence-electron chi connectivity index (χ3n) is 4.11. The Hall–Kier alpha value is -1.04. The Morgan fingerprint density at radius 3 is 2.45 bits per heavy atom. The van der Waals surface area contributed by atoms with E-state index in [1.165, 1.54) is 6.07 Å². The van der Waals surface area contributed by atoms with Gasteiger partial charge < -0.3 is 15.5 Å². The average molecular weight is 285 g/mol. The monoisotopic (exact) mass is 285 g/mol. The molecule has 0 aromatic heterocycles. The SMILES string of the molecule is OCC1(NCC(O)c2ccc(F)c(F)c2)CCCCC1. The molecule has 1 fully saturated rings. The van der Waals surface area contributed by atoms with Gasteiger partial charge >= 0.3 is 0 Å². The van der Waals surface area contributed by atoms with Crippen LogP contribution in [0.2, 0.25) is 0 Å². The molecule has 5 heteroatoms. The lowest BCUT2D eigenvalue weighted by Gasteiger charge is -2.37. The first-order valence-corrected chi connectivity index (χ1v) is 7.05. The van der Waals surface area contributed by atoms with Crippen LogP contribution in [0.4, 0.5) is 8.78 Å². The lowest BCUT2D eigenvalue weighted by molar-refractivity contribution is 0.0942. The Morgan fingerprint density at radius 2 is 1.85 bits per heavy atom. The van der Waals surface area contributed by atoms with Gasteiger partial charge in [0.05, 0.1) is 12.7 Å². The number of rotatable bonds is 5. The maximum atomic E-state index is 13.1. The van der Waals surface area contributed by atoms with E-state index >= 15 is 0 Å². The van der Waals surface area contributed by atoms with E-state index in [4.69, 9.17) is 0 Å². The minimum absolute atomic E-state index is 0.0253. The van der Waals surface area contributed by atoms with Crippen LogP contribution in [0, 0.1) is 11.6 Å². The van der Waals surface area contributed by atoms with Gasteiger partial charge in [-0.2, -0.15) is 0 Å². The summed E-state index contributed by atoms with van der Waals surface area (Å²) in [5, 5.41) is 22.8. The molecule has 20 heavy (non-hydrogen) atoms. The minimum atomic E-state index is -0.962. The summed E-state index contributed by atoms with van der Waals surface area (Å²) in [4.78, 5) is 0. The smallest absolute Gasteiger partial charge is 0.159 e. The normalized spacial score (nSPS) is 19.8. The molecular formula is C15H21F2NO2. The van der Waals surface area contributed by atoms with Crippen molar-refractivity contribution in [1.82, 2.24) is 5.32 Å². The summed E-state index contributed by atoms with van der Waals surface area (Å²) in [5.74, 6) is -1.89. The molecule has 0 aliphatic heterocycles. The number of halogens is 2. The number of hydrogen-bond donors (Lipinski definition) is 3. The second-order valence-electron chi connectivity index (χ2n) is 5.57. The second kappa shape index (κ2) is 6.61. The molecule has 0 heterocycles. The Morgan fingerprint density at radius 1 is 1.15 bits per heavy atom. The van der Waals surface area contributed by atoms with Gasteiger partial charge in [-0.05, 0) is 30.5 Å². The summed E-state index contributed by atoms with van der Waals surface area (Å²) in [5.41, 5.74) is -0.0158. The van der Waals surface area contributed by atoms with Crippen molar-refractivity contribution in [1.29, 1.82) is 0 Å². The Bertz CT molecular complexity index is 447. The van der Waals surface area contributed by atoms with E-state index in [1.54, 1.807) is 0 Å². The van der Waals surface area contributed by atoms with Gasteiger partial charge in [0.25, 0.3) is 0 Å². The van der Waals surface area contributed by atoms with E-state index in [2.05, 4.69) is 5.32 Å². The van der Waals surface area contributed by atoms with Crippen LogP contribution < -0.4 is 5.32 Å². The highest BCUT2D eigenvalue weighted by Crippen LogP contribution is 2.28. The molecule has 1 unspecified atom stereocenters. The van der Waals surface area contributed by atoms with Gasteiger partial charge in [0.2, 0.25) is 0 Å². The highest BCUT2D eigenvalue weighted by molar-refractivity contribution is 5.20.